The lowest BCUT2D eigenvalue weighted by atomic mass is 9.62. The molecule has 4 aromatic carbocycles. The summed E-state index contributed by atoms with van der Waals surface area (Å²) in [6.45, 7) is 1.95. The molecule has 1 saturated heterocycles. The molecule has 1 fully saturated rings. The molecule has 3 heterocycles. The standard InChI is InChI=1S/C36H30N2O5/c1-21-12-14-23(15-13-21)32(39)30-31(33(40)26-17-16-24(42-2)20-29(26)43-3)38-19-18-22-8-4-5-9-25(22)34(38)36(30)27-10-6-7-11-28(27)37-35(36)41/h4-20,30-31,34H,1-3H3,(H,37,41). The molecule has 7 nitrogen and oxygen atoms in total. The zero-order valence-corrected chi connectivity index (χ0v) is 24.0. The fourth-order valence-electron chi connectivity index (χ4n) is 7.23. The molecule has 0 saturated carbocycles. The van der Waals surface area contributed by atoms with Gasteiger partial charge in [-0.1, -0.05) is 72.3 Å². The summed E-state index contributed by atoms with van der Waals surface area (Å²) in [5, 5.41) is 3.08. The maximum Gasteiger partial charge on any atom is 0.238 e. The molecule has 4 atom stereocenters. The van der Waals surface area contributed by atoms with Gasteiger partial charge in [0.15, 0.2) is 11.6 Å². The lowest BCUT2D eigenvalue weighted by Gasteiger charge is -2.38. The smallest absolute Gasteiger partial charge is 0.238 e. The number of methoxy groups -OCH3 is 2. The number of anilines is 1. The number of ether oxygens (including phenoxy) is 2. The molecule has 3 aliphatic heterocycles. The van der Waals surface area contributed by atoms with Gasteiger partial charge in [0, 0.05) is 23.5 Å². The highest BCUT2D eigenvalue weighted by Crippen LogP contribution is 2.62. The predicted molar refractivity (Wildman–Crippen MR) is 163 cm³/mol. The van der Waals surface area contributed by atoms with E-state index < -0.39 is 23.4 Å². The van der Waals surface area contributed by atoms with Gasteiger partial charge in [-0.05, 0) is 47.9 Å². The first-order chi connectivity index (χ1) is 20.9. The molecule has 0 bridgehead atoms. The molecular formula is C36H30N2O5. The van der Waals surface area contributed by atoms with Gasteiger partial charge < -0.3 is 19.7 Å². The minimum Gasteiger partial charge on any atom is -0.497 e. The number of benzene rings is 4. The third-order valence-electron chi connectivity index (χ3n) is 9.13. The predicted octanol–water partition coefficient (Wildman–Crippen LogP) is 5.99. The van der Waals surface area contributed by atoms with Crippen LogP contribution in [0.4, 0.5) is 5.69 Å². The van der Waals surface area contributed by atoms with Gasteiger partial charge in [0.25, 0.3) is 0 Å². The number of carbonyl (C=O) groups is 3. The number of nitrogens with zero attached hydrogens (tertiary/aromatic N) is 1. The summed E-state index contributed by atoms with van der Waals surface area (Å²) >= 11 is 0. The van der Waals surface area contributed by atoms with Gasteiger partial charge in [-0.25, -0.2) is 0 Å². The molecule has 43 heavy (non-hydrogen) atoms. The maximum absolute atomic E-state index is 14.9. The van der Waals surface area contributed by atoms with Gasteiger partial charge in [-0.3, -0.25) is 14.4 Å². The summed E-state index contributed by atoms with van der Waals surface area (Å²) in [6, 6.07) is 26.1. The number of aryl methyl sites for hydroxylation is 1. The number of hydrogen-bond acceptors (Lipinski definition) is 6. The Kier molecular flexibility index (Phi) is 6.20. The van der Waals surface area contributed by atoms with Crippen molar-refractivity contribution in [2.75, 3.05) is 19.5 Å². The number of para-hydroxylation sites is 1. The van der Waals surface area contributed by atoms with Crippen LogP contribution in [-0.4, -0.2) is 42.6 Å². The van der Waals surface area contributed by atoms with Gasteiger partial charge in [0.05, 0.1) is 31.7 Å². The Morgan fingerprint density at radius 3 is 2.37 bits per heavy atom. The Labute approximate surface area is 249 Å². The number of fused-ring (bicyclic) bond motifs is 6. The lowest BCUT2D eigenvalue weighted by molar-refractivity contribution is -0.122. The largest absolute Gasteiger partial charge is 0.497 e. The van der Waals surface area contributed by atoms with Crippen LogP contribution in [-0.2, 0) is 10.2 Å². The number of carbonyl (C=O) groups excluding carboxylic acids is 3. The molecule has 1 amide bonds. The first kappa shape index (κ1) is 26.7. The van der Waals surface area contributed by atoms with E-state index in [1.54, 1.807) is 37.4 Å². The second-order valence-electron chi connectivity index (χ2n) is 11.2. The van der Waals surface area contributed by atoms with Crippen LogP contribution in [0.15, 0.2) is 97.2 Å². The van der Waals surface area contributed by atoms with E-state index in [0.29, 0.717) is 33.9 Å². The van der Waals surface area contributed by atoms with Gasteiger partial charge in [-0.2, -0.15) is 0 Å². The zero-order valence-electron chi connectivity index (χ0n) is 24.0. The Morgan fingerprint density at radius 1 is 0.860 bits per heavy atom. The van der Waals surface area contributed by atoms with Crippen molar-refractivity contribution in [3.8, 4) is 11.5 Å². The molecular weight excluding hydrogens is 540 g/mol. The molecule has 0 aliphatic carbocycles. The monoisotopic (exact) mass is 570 g/mol. The number of nitrogens with one attached hydrogen (secondary N) is 1. The average Bonchev–Trinajstić information content (AvgIpc) is 3.52. The van der Waals surface area contributed by atoms with Crippen molar-refractivity contribution in [1.82, 2.24) is 4.90 Å². The molecule has 0 radical (unpaired) electrons. The van der Waals surface area contributed by atoms with Gasteiger partial charge in [0.2, 0.25) is 5.91 Å². The number of ketones is 2. The van der Waals surface area contributed by atoms with Crippen molar-refractivity contribution in [3.63, 3.8) is 0 Å². The fraction of sp³-hybridized carbons (Fsp3) is 0.194. The molecule has 0 aromatic heterocycles. The van der Waals surface area contributed by atoms with Gasteiger partial charge in [0.1, 0.15) is 23.0 Å². The van der Waals surface area contributed by atoms with Gasteiger partial charge in [-0.15, -0.1) is 0 Å². The Balaban J connectivity index is 1.53. The van der Waals surface area contributed by atoms with E-state index in [9.17, 15) is 14.4 Å². The van der Waals surface area contributed by atoms with E-state index in [1.807, 2.05) is 84.8 Å². The second kappa shape index (κ2) is 9.98. The van der Waals surface area contributed by atoms with Crippen molar-refractivity contribution in [2.24, 2.45) is 5.92 Å². The van der Waals surface area contributed by atoms with Crippen LogP contribution in [0.5, 0.6) is 11.5 Å². The summed E-state index contributed by atoms with van der Waals surface area (Å²) < 4.78 is 11.0. The molecule has 7 rings (SSSR count). The summed E-state index contributed by atoms with van der Waals surface area (Å²) in [5.74, 6) is -1.06. The third kappa shape index (κ3) is 3.77. The highest BCUT2D eigenvalue weighted by molar-refractivity contribution is 6.17. The second-order valence-corrected chi connectivity index (χ2v) is 11.2. The van der Waals surface area contributed by atoms with E-state index in [2.05, 4.69) is 5.32 Å². The van der Waals surface area contributed by atoms with Crippen LogP contribution in [0.3, 0.4) is 0 Å². The topological polar surface area (TPSA) is 84.9 Å². The molecule has 4 aromatic rings. The lowest BCUT2D eigenvalue weighted by Crippen LogP contribution is -2.49. The quantitative estimate of drug-likeness (QED) is 0.287. The van der Waals surface area contributed by atoms with Crippen LogP contribution in [0.1, 0.15) is 49.0 Å². The average molecular weight is 571 g/mol. The molecule has 1 N–H and O–H groups in total. The summed E-state index contributed by atoms with van der Waals surface area (Å²) in [6.07, 6.45) is 3.81. The van der Waals surface area contributed by atoms with Crippen molar-refractivity contribution >= 4 is 29.2 Å². The van der Waals surface area contributed by atoms with Crippen LogP contribution in [0.25, 0.3) is 6.08 Å². The number of amides is 1. The highest BCUT2D eigenvalue weighted by Gasteiger charge is 2.70. The highest BCUT2D eigenvalue weighted by atomic mass is 16.5. The van der Waals surface area contributed by atoms with Crippen molar-refractivity contribution in [2.45, 2.75) is 24.4 Å². The van der Waals surface area contributed by atoms with E-state index in [1.165, 1.54) is 7.11 Å². The van der Waals surface area contributed by atoms with Crippen molar-refractivity contribution < 1.29 is 23.9 Å². The minimum atomic E-state index is -1.39. The molecule has 4 unspecified atom stereocenters. The minimum absolute atomic E-state index is 0.266. The first-order valence-electron chi connectivity index (χ1n) is 14.2. The fourth-order valence-corrected chi connectivity index (χ4v) is 7.23. The zero-order chi connectivity index (χ0) is 29.9. The first-order valence-corrected chi connectivity index (χ1v) is 14.2. The van der Waals surface area contributed by atoms with Crippen LogP contribution in [0.2, 0.25) is 0 Å². The van der Waals surface area contributed by atoms with E-state index in [-0.39, 0.29) is 17.5 Å². The SMILES string of the molecule is COc1ccc(C(=O)C2C(C(=O)c3ccc(C)cc3)C3(C(=O)Nc4ccccc43)C3c4ccccc4C=CN23)c(OC)c1. The summed E-state index contributed by atoms with van der Waals surface area (Å²) in [7, 11) is 3.04. The maximum atomic E-state index is 14.9. The molecule has 3 aliphatic rings. The van der Waals surface area contributed by atoms with Crippen LogP contribution >= 0.6 is 0 Å². The normalized spacial score (nSPS) is 22.9. The van der Waals surface area contributed by atoms with E-state index in [0.717, 1.165) is 16.7 Å². The van der Waals surface area contributed by atoms with Crippen molar-refractivity contribution in [1.29, 1.82) is 0 Å². The van der Waals surface area contributed by atoms with E-state index in [4.69, 9.17) is 9.47 Å². The molecule has 7 heteroatoms. The Bertz CT molecular complexity index is 1830. The molecule has 1 spiro atoms. The van der Waals surface area contributed by atoms with Gasteiger partial charge >= 0.3 is 0 Å². The molecule has 214 valence electrons. The summed E-state index contributed by atoms with van der Waals surface area (Å²) in [4.78, 5) is 46.3. The van der Waals surface area contributed by atoms with Crippen molar-refractivity contribution in [3.05, 3.63) is 131 Å². The summed E-state index contributed by atoms with van der Waals surface area (Å²) in [5.41, 5.74) is 3.56. The van der Waals surface area contributed by atoms with Crippen LogP contribution in [0, 0.1) is 12.8 Å². The Morgan fingerprint density at radius 2 is 1.60 bits per heavy atom. The number of rotatable bonds is 6. The van der Waals surface area contributed by atoms with Crippen LogP contribution < -0.4 is 14.8 Å². The number of Topliss-reactive ketones (excluding diaryl/α,β-unsaturated/α-hetero) is 2. The third-order valence-corrected chi connectivity index (χ3v) is 9.13. The Hall–Kier alpha value is -5.17. The number of hydrogen-bond donors (Lipinski definition) is 1. The van der Waals surface area contributed by atoms with E-state index >= 15 is 0 Å².